The largest absolute Gasteiger partial charge is 0.494 e. The maximum atomic E-state index is 11.1. The third kappa shape index (κ3) is 2.53. The van der Waals surface area contributed by atoms with Crippen molar-refractivity contribution in [1.82, 2.24) is 9.97 Å². The van der Waals surface area contributed by atoms with Crippen LogP contribution >= 0.6 is 0 Å². The van der Waals surface area contributed by atoms with Crippen molar-refractivity contribution in [3.05, 3.63) is 42.0 Å². The number of ether oxygens (including phenoxy) is 1. The molecule has 1 aromatic heterocycles. The molecule has 0 unspecified atom stereocenters. The smallest absolute Gasteiger partial charge is 0.150 e. The first-order valence-corrected chi connectivity index (χ1v) is 5.75. The van der Waals surface area contributed by atoms with Crippen LogP contribution in [0.4, 0.5) is 0 Å². The molecule has 0 amide bonds. The van der Waals surface area contributed by atoms with Crippen LogP contribution in [0.25, 0.3) is 11.1 Å². The van der Waals surface area contributed by atoms with E-state index in [1.807, 2.05) is 19.9 Å². The lowest BCUT2D eigenvalue weighted by Crippen LogP contribution is -1.95. The fraction of sp³-hybridized carbons (Fsp3) is 0.214. The van der Waals surface area contributed by atoms with Gasteiger partial charge in [-0.1, -0.05) is 0 Å². The number of rotatable bonds is 4. The average molecular weight is 242 g/mol. The van der Waals surface area contributed by atoms with Gasteiger partial charge in [-0.15, -0.1) is 0 Å². The van der Waals surface area contributed by atoms with Crippen molar-refractivity contribution in [2.75, 3.05) is 6.61 Å². The minimum atomic E-state index is 0.588. The highest BCUT2D eigenvalue weighted by atomic mass is 16.5. The number of aryl methyl sites for hydroxylation is 1. The highest BCUT2D eigenvalue weighted by molar-refractivity contribution is 5.87. The second-order valence-corrected chi connectivity index (χ2v) is 3.82. The van der Waals surface area contributed by atoms with E-state index in [0.29, 0.717) is 18.0 Å². The monoisotopic (exact) mass is 242 g/mol. The van der Waals surface area contributed by atoms with Crippen molar-refractivity contribution in [3.8, 4) is 16.9 Å². The summed E-state index contributed by atoms with van der Waals surface area (Å²) in [7, 11) is 0. The number of benzene rings is 1. The molecule has 0 spiro atoms. The molecule has 0 aliphatic rings. The summed E-state index contributed by atoms with van der Waals surface area (Å²) in [6.07, 6.45) is 4.24. The minimum absolute atomic E-state index is 0.588. The van der Waals surface area contributed by atoms with E-state index in [0.717, 1.165) is 23.2 Å². The molecule has 0 bridgehead atoms. The first-order chi connectivity index (χ1) is 8.74. The van der Waals surface area contributed by atoms with Crippen LogP contribution in [0, 0.1) is 6.92 Å². The molecule has 0 saturated heterocycles. The highest BCUT2D eigenvalue weighted by Crippen LogP contribution is 2.26. The Labute approximate surface area is 106 Å². The molecule has 0 saturated carbocycles. The van der Waals surface area contributed by atoms with Gasteiger partial charge in [-0.05, 0) is 37.6 Å². The summed E-state index contributed by atoms with van der Waals surface area (Å²) in [4.78, 5) is 19.3. The van der Waals surface area contributed by atoms with Crippen molar-refractivity contribution < 1.29 is 9.53 Å². The van der Waals surface area contributed by atoms with Crippen LogP contribution in [0.5, 0.6) is 5.75 Å². The number of aromatic nitrogens is 2. The van der Waals surface area contributed by atoms with Crippen LogP contribution < -0.4 is 4.74 Å². The molecular weight excluding hydrogens is 228 g/mol. The third-order valence-corrected chi connectivity index (χ3v) is 2.55. The molecule has 1 aromatic carbocycles. The number of hydrogen-bond donors (Lipinski definition) is 0. The maximum Gasteiger partial charge on any atom is 0.150 e. The molecule has 18 heavy (non-hydrogen) atoms. The zero-order valence-electron chi connectivity index (χ0n) is 10.4. The van der Waals surface area contributed by atoms with Gasteiger partial charge < -0.3 is 4.74 Å². The number of aldehydes is 1. The van der Waals surface area contributed by atoms with Gasteiger partial charge in [-0.3, -0.25) is 4.79 Å². The average Bonchev–Trinajstić information content (AvgIpc) is 2.40. The molecule has 92 valence electrons. The summed E-state index contributed by atoms with van der Waals surface area (Å²) >= 11 is 0. The molecule has 0 aliphatic heterocycles. The van der Waals surface area contributed by atoms with Crippen molar-refractivity contribution in [2.45, 2.75) is 13.8 Å². The van der Waals surface area contributed by atoms with E-state index in [-0.39, 0.29) is 0 Å². The molecule has 0 radical (unpaired) electrons. The van der Waals surface area contributed by atoms with Crippen LogP contribution in [0.15, 0.2) is 30.6 Å². The van der Waals surface area contributed by atoms with E-state index in [2.05, 4.69) is 9.97 Å². The third-order valence-electron chi connectivity index (χ3n) is 2.55. The van der Waals surface area contributed by atoms with Gasteiger partial charge >= 0.3 is 0 Å². The van der Waals surface area contributed by atoms with Crippen LogP contribution in [-0.2, 0) is 0 Å². The van der Waals surface area contributed by atoms with E-state index in [1.165, 1.54) is 0 Å². The Balaban J connectivity index is 2.49. The Morgan fingerprint density at radius 1 is 1.28 bits per heavy atom. The molecule has 2 aromatic rings. The lowest BCUT2D eigenvalue weighted by Gasteiger charge is -2.08. The molecule has 0 atom stereocenters. The van der Waals surface area contributed by atoms with Gasteiger partial charge in [0.2, 0.25) is 0 Å². The summed E-state index contributed by atoms with van der Waals surface area (Å²) in [5.41, 5.74) is 2.20. The summed E-state index contributed by atoms with van der Waals surface area (Å²) in [5.74, 6) is 1.44. The van der Waals surface area contributed by atoms with E-state index >= 15 is 0 Å². The van der Waals surface area contributed by atoms with Crippen molar-refractivity contribution in [1.29, 1.82) is 0 Å². The summed E-state index contributed by atoms with van der Waals surface area (Å²) in [6, 6.07) is 5.36. The topological polar surface area (TPSA) is 52.1 Å². The zero-order valence-corrected chi connectivity index (χ0v) is 10.4. The van der Waals surface area contributed by atoms with Crippen LogP contribution in [0.2, 0.25) is 0 Å². The fourth-order valence-electron chi connectivity index (χ4n) is 1.68. The molecule has 0 aliphatic carbocycles. The Bertz CT molecular complexity index is 550. The second kappa shape index (κ2) is 5.40. The Hall–Kier alpha value is -2.23. The van der Waals surface area contributed by atoms with Crippen molar-refractivity contribution >= 4 is 6.29 Å². The van der Waals surface area contributed by atoms with E-state index in [1.54, 1.807) is 24.5 Å². The zero-order chi connectivity index (χ0) is 13.0. The molecule has 0 fully saturated rings. The number of carbonyl (C=O) groups is 1. The lowest BCUT2D eigenvalue weighted by molar-refractivity contribution is 0.112. The van der Waals surface area contributed by atoms with Crippen molar-refractivity contribution in [3.63, 3.8) is 0 Å². The Morgan fingerprint density at radius 3 is 2.61 bits per heavy atom. The Kier molecular flexibility index (Phi) is 3.67. The molecule has 4 nitrogen and oxygen atoms in total. The highest BCUT2D eigenvalue weighted by Gasteiger charge is 2.07. The SMILES string of the molecule is CCOc1ccc(C=O)c(-c2cnc(C)nc2)c1. The minimum Gasteiger partial charge on any atom is -0.494 e. The summed E-state index contributed by atoms with van der Waals surface area (Å²) in [5, 5.41) is 0. The van der Waals surface area contributed by atoms with Crippen LogP contribution in [-0.4, -0.2) is 22.9 Å². The fourth-order valence-corrected chi connectivity index (χ4v) is 1.68. The molecular formula is C14H14N2O2. The molecule has 1 heterocycles. The maximum absolute atomic E-state index is 11.1. The van der Waals surface area contributed by atoms with E-state index in [9.17, 15) is 4.79 Å². The Morgan fingerprint density at radius 2 is 2.00 bits per heavy atom. The summed E-state index contributed by atoms with van der Waals surface area (Å²) < 4.78 is 5.43. The lowest BCUT2D eigenvalue weighted by atomic mass is 10.0. The number of nitrogens with zero attached hydrogens (tertiary/aromatic N) is 2. The van der Waals surface area contributed by atoms with Gasteiger partial charge in [0.1, 0.15) is 11.6 Å². The first kappa shape index (κ1) is 12.2. The predicted molar refractivity (Wildman–Crippen MR) is 68.8 cm³/mol. The summed E-state index contributed by atoms with van der Waals surface area (Å²) in [6.45, 7) is 4.33. The van der Waals surface area contributed by atoms with Gasteiger partial charge in [0.25, 0.3) is 0 Å². The normalized spacial score (nSPS) is 10.1. The van der Waals surface area contributed by atoms with Crippen molar-refractivity contribution in [2.24, 2.45) is 0 Å². The standard InChI is InChI=1S/C14H14N2O2/c1-3-18-13-5-4-11(9-17)14(6-13)12-7-15-10(2)16-8-12/h4-9H,3H2,1-2H3. The van der Waals surface area contributed by atoms with Gasteiger partial charge in [-0.2, -0.15) is 0 Å². The van der Waals surface area contributed by atoms with Gasteiger partial charge in [0.05, 0.1) is 6.61 Å². The molecule has 0 N–H and O–H groups in total. The number of hydrogen-bond acceptors (Lipinski definition) is 4. The van der Waals surface area contributed by atoms with Gasteiger partial charge in [0.15, 0.2) is 6.29 Å². The second-order valence-electron chi connectivity index (χ2n) is 3.82. The van der Waals surface area contributed by atoms with Gasteiger partial charge in [0, 0.05) is 23.5 Å². The molecule has 4 heteroatoms. The first-order valence-electron chi connectivity index (χ1n) is 5.75. The van der Waals surface area contributed by atoms with Gasteiger partial charge in [-0.25, -0.2) is 9.97 Å². The predicted octanol–water partition coefficient (Wildman–Crippen LogP) is 2.66. The van der Waals surface area contributed by atoms with E-state index in [4.69, 9.17) is 4.74 Å². The molecule has 2 rings (SSSR count). The number of carbonyl (C=O) groups excluding carboxylic acids is 1. The van der Waals surface area contributed by atoms with Crippen LogP contribution in [0.3, 0.4) is 0 Å². The van der Waals surface area contributed by atoms with E-state index < -0.39 is 0 Å². The quantitative estimate of drug-likeness (QED) is 0.773. The van der Waals surface area contributed by atoms with Crippen LogP contribution in [0.1, 0.15) is 23.1 Å².